The van der Waals surface area contributed by atoms with Gasteiger partial charge in [-0.15, -0.1) is 0 Å². The van der Waals surface area contributed by atoms with Crippen molar-refractivity contribution in [2.45, 2.75) is 31.3 Å². The molecule has 8 heteroatoms. The Balaban J connectivity index is 2.74. The first-order valence-electron chi connectivity index (χ1n) is 6.52. The predicted octanol–water partition coefficient (Wildman–Crippen LogP) is -0.463. The summed E-state index contributed by atoms with van der Waals surface area (Å²) in [7, 11) is 4.27. The normalized spacial score (nSPS) is 29.0. The molecule has 0 bridgehead atoms. The van der Waals surface area contributed by atoms with Crippen molar-refractivity contribution in [1.82, 2.24) is 0 Å². The van der Waals surface area contributed by atoms with E-state index in [1.807, 2.05) is 0 Å². The Morgan fingerprint density at radius 2 is 1.90 bits per heavy atom. The SMILES string of the molecule is COC[C@H]1OC[C@H](OCC(=O)OC)[C@@H](OC)[C@@H]1OC(C)=O. The summed E-state index contributed by atoms with van der Waals surface area (Å²) in [5, 5.41) is 0. The van der Waals surface area contributed by atoms with Crippen molar-refractivity contribution in [3.05, 3.63) is 0 Å². The predicted molar refractivity (Wildman–Crippen MR) is 69.7 cm³/mol. The van der Waals surface area contributed by atoms with E-state index < -0.39 is 36.4 Å². The number of hydrogen-bond donors (Lipinski definition) is 0. The summed E-state index contributed by atoms with van der Waals surface area (Å²) in [6.07, 6.45) is -2.25. The third-order valence-electron chi connectivity index (χ3n) is 3.08. The minimum absolute atomic E-state index is 0.196. The van der Waals surface area contributed by atoms with Crippen LogP contribution in [0.25, 0.3) is 0 Å². The molecule has 0 aliphatic carbocycles. The van der Waals surface area contributed by atoms with Crippen LogP contribution >= 0.6 is 0 Å². The fraction of sp³-hybridized carbons (Fsp3) is 0.846. The van der Waals surface area contributed by atoms with E-state index >= 15 is 0 Å². The molecule has 0 aromatic rings. The van der Waals surface area contributed by atoms with Crippen LogP contribution in [0, 0.1) is 0 Å². The highest BCUT2D eigenvalue weighted by Crippen LogP contribution is 2.23. The third kappa shape index (κ3) is 5.24. The molecule has 0 N–H and O–H groups in total. The van der Waals surface area contributed by atoms with Gasteiger partial charge < -0.3 is 28.4 Å². The number of carbonyl (C=O) groups is 2. The van der Waals surface area contributed by atoms with E-state index in [0.717, 1.165) is 0 Å². The Bertz CT molecular complexity index is 345. The van der Waals surface area contributed by atoms with Gasteiger partial charge in [-0.3, -0.25) is 4.79 Å². The molecular formula is C13H22O8. The summed E-state index contributed by atoms with van der Waals surface area (Å²) in [6, 6.07) is 0. The van der Waals surface area contributed by atoms with Crippen molar-refractivity contribution < 1.29 is 38.0 Å². The lowest BCUT2D eigenvalue weighted by Crippen LogP contribution is -2.57. The van der Waals surface area contributed by atoms with Crippen LogP contribution < -0.4 is 0 Å². The summed E-state index contributed by atoms with van der Waals surface area (Å²) in [4.78, 5) is 22.4. The van der Waals surface area contributed by atoms with Crippen molar-refractivity contribution in [3.8, 4) is 0 Å². The van der Waals surface area contributed by atoms with Gasteiger partial charge in [0.05, 0.1) is 20.3 Å². The van der Waals surface area contributed by atoms with Gasteiger partial charge in [-0.05, 0) is 0 Å². The average Bonchev–Trinajstić information content (AvgIpc) is 2.46. The number of rotatable bonds is 7. The fourth-order valence-corrected chi connectivity index (χ4v) is 2.14. The van der Waals surface area contributed by atoms with Crippen molar-refractivity contribution in [3.63, 3.8) is 0 Å². The summed E-state index contributed by atoms with van der Waals surface area (Å²) in [5.74, 6) is -0.965. The van der Waals surface area contributed by atoms with E-state index in [2.05, 4.69) is 4.74 Å². The van der Waals surface area contributed by atoms with Gasteiger partial charge in [0.2, 0.25) is 0 Å². The molecule has 8 nitrogen and oxygen atoms in total. The van der Waals surface area contributed by atoms with Crippen LogP contribution in [0.3, 0.4) is 0 Å². The summed E-state index contributed by atoms with van der Waals surface area (Å²) in [5.41, 5.74) is 0. The smallest absolute Gasteiger partial charge is 0.331 e. The molecule has 1 heterocycles. The first-order chi connectivity index (χ1) is 10.0. The Hall–Kier alpha value is -1.22. The zero-order valence-electron chi connectivity index (χ0n) is 12.7. The van der Waals surface area contributed by atoms with E-state index in [9.17, 15) is 9.59 Å². The number of ether oxygens (including phenoxy) is 6. The highest BCUT2D eigenvalue weighted by molar-refractivity contribution is 5.70. The molecule has 0 aromatic carbocycles. The molecule has 122 valence electrons. The minimum Gasteiger partial charge on any atom is -0.467 e. The van der Waals surface area contributed by atoms with Crippen molar-refractivity contribution >= 4 is 11.9 Å². The largest absolute Gasteiger partial charge is 0.467 e. The molecule has 1 aliphatic heterocycles. The molecule has 0 spiro atoms. The van der Waals surface area contributed by atoms with Gasteiger partial charge in [0.1, 0.15) is 24.9 Å². The Morgan fingerprint density at radius 1 is 1.19 bits per heavy atom. The zero-order valence-corrected chi connectivity index (χ0v) is 12.7. The highest BCUT2D eigenvalue weighted by Gasteiger charge is 2.43. The second kappa shape index (κ2) is 8.93. The summed E-state index contributed by atoms with van der Waals surface area (Å²) in [6.45, 7) is 1.52. The van der Waals surface area contributed by atoms with E-state index in [-0.39, 0.29) is 19.8 Å². The fourth-order valence-electron chi connectivity index (χ4n) is 2.14. The molecular weight excluding hydrogens is 284 g/mol. The molecule has 4 atom stereocenters. The molecule has 0 saturated carbocycles. The lowest BCUT2D eigenvalue weighted by Gasteiger charge is -2.40. The number of methoxy groups -OCH3 is 3. The lowest BCUT2D eigenvalue weighted by molar-refractivity contribution is -0.230. The quantitative estimate of drug-likeness (QED) is 0.584. The highest BCUT2D eigenvalue weighted by atomic mass is 16.6. The van der Waals surface area contributed by atoms with E-state index in [1.165, 1.54) is 28.3 Å². The first kappa shape index (κ1) is 17.8. The Labute approximate surface area is 123 Å². The van der Waals surface area contributed by atoms with Gasteiger partial charge in [0, 0.05) is 21.1 Å². The van der Waals surface area contributed by atoms with Crippen LogP contribution in [0.4, 0.5) is 0 Å². The summed E-state index contributed by atoms with van der Waals surface area (Å²) < 4.78 is 31.2. The van der Waals surface area contributed by atoms with Gasteiger partial charge in [-0.1, -0.05) is 0 Å². The average molecular weight is 306 g/mol. The van der Waals surface area contributed by atoms with E-state index in [1.54, 1.807) is 0 Å². The second-order valence-electron chi connectivity index (χ2n) is 4.53. The monoisotopic (exact) mass is 306 g/mol. The lowest BCUT2D eigenvalue weighted by atomic mass is 9.99. The second-order valence-corrected chi connectivity index (χ2v) is 4.53. The maximum atomic E-state index is 11.3. The number of hydrogen-bond acceptors (Lipinski definition) is 8. The first-order valence-corrected chi connectivity index (χ1v) is 6.52. The molecule has 1 aliphatic rings. The number of carbonyl (C=O) groups excluding carboxylic acids is 2. The van der Waals surface area contributed by atoms with Crippen LogP contribution in [-0.2, 0) is 38.0 Å². The van der Waals surface area contributed by atoms with Crippen molar-refractivity contribution in [1.29, 1.82) is 0 Å². The molecule has 1 fully saturated rings. The Kier molecular flexibility index (Phi) is 7.58. The van der Waals surface area contributed by atoms with Crippen molar-refractivity contribution in [2.24, 2.45) is 0 Å². The zero-order chi connectivity index (χ0) is 15.8. The topological polar surface area (TPSA) is 89.5 Å². The minimum atomic E-state index is -0.677. The molecule has 0 unspecified atom stereocenters. The van der Waals surface area contributed by atoms with Gasteiger partial charge >= 0.3 is 11.9 Å². The van der Waals surface area contributed by atoms with Gasteiger partial charge in [0.25, 0.3) is 0 Å². The van der Waals surface area contributed by atoms with Gasteiger partial charge in [0.15, 0.2) is 6.10 Å². The van der Waals surface area contributed by atoms with Crippen LogP contribution in [0.5, 0.6) is 0 Å². The van der Waals surface area contributed by atoms with Crippen LogP contribution in [-0.4, -0.2) is 77.5 Å². The molecule has 1 rings (SSSR count). The van der Waals surface area contributed by atoms with E-state index in [4.69, 9.17) is 23.7 Å². The maximum Gasteiger partial charge on any atom is 0.331 e. The molecule has 0 radical (unpaired) electrons. The molecule has 21 heavy (non-hydrogen) atoms. The summed E-state index contributed by atoms with van der Waals surface area (Å²) >= 11 is 0. The molecule has 0 amide bonds. The van der Waals surface area contributed by atoms with Gasteiger partial charge in [-0.2, -0.15) is 0 Å². The third-order valence-corrected chi connectivity index (χ3v) is 3.08. The van der Waals surface area contributed by atoms with Crippen LogP contribution in [0.1, 0.15) is 6.92 Å². The Morgan fingerprint density at radius 3 is 2.43 bits per heavy atom. The van der Waals surface area contributed by atoms with E-state index in [0.29, 0.717) is 0 Å². The van der Waals surface area contributed by atoms with Crippen LogP contribution in [0.2, 0.25) is 0 Å². The van der Waals surface area contributed by atoms with Crippen molar-refractivity contribution in [2.75, 3.05) is 41.2 Å². The van der Waals surface area contributed by atoms with Crippen LogP contribution in [0.15, 0.2) is 0 Å². The molecule has 1 saturated heterocycles. The maximum absolute atomic E-state index is 11.3. The number of esters is 2. The standard InChI is InChI=1S/C13H22O8/c1-8(14)21-13-9(5-16-2)19-6-10(12(13)18-4)20-7-11(15)17-3/h9-10,12-13H,5-7H2,1-4H3/t9-,10+,12-,13-/m1/s1. The molecule has 0 aromatic heterocycles. The van der Waals surface area contributed by atoms with Gasteiger partial charge in [-0.25, -0.2) is 4.79 Å².